The summed E-state index contributed by atoms with van der Waals surface area (Å²) in [5.41, 5.74) is 11.2. The molecule has 0 saturated carbocycles. The van der Waals surface area contributed by atoms with Crippen molar-refractivity contribution in [2.75, 3.05) is 25.1 Å². The molecule has 0 spiro atoms. The summed E-state index contributed by atoms with van der Waals surface area (Å²) < 4.78 is 5.28. The first-order valence-electron chi connectivity index (χ1n) is 9.82. The van der Waals surface area contributed by atoms with Gasteiger partial charge in [-0.1, -0.05) is 42.0 Å². The Kier molecular flexibility index (Phi) is 6.33. The number of hydrogen-bond donors (Lipinski definition) is 1. The van der Waals surface area contributed by atoms with Gasteiger partial charge in [0.1, 0.15) is 0 Å². The van der Waals surface area contributed by atoms with Crippen molar-refractivity contribution in [2.45, 2.75) is 51.2 Å². The molecule has 0 aromatic heterocycles. The molecule has 1 aliphatic rings. The van der Waals surface area contributed by atoms with Gasteiger partial charge >= 0.3 is 0 Å². The first kappa shape index (κ1) is 18.9. The van der Waals surface area contributed by atoms with E-state index in [1.807, 2.05) is 0 Å². The van der Waals surface area contributed by atoms with Crippen molar-refractivity contribution >= 4 is 5.69 Å². The van der Waals surface area contributed by atoms with Crippen molar-refractivity contribution in [3.63, 3.8) is 0 Å². The monoisotopic (exact) mass is 352 g/mol. The quantitative estimate of drug-likeness (QED) is 0.780. The molecular weight excluding hydrogens is 320 g/mol. The summed E-state index contributed by atoms with van der Waals surface area (Å²) in [5, 5.41) is 0. The maximum Gasteiger partial charge on any atom is 0.0713 e. The van der Waals surface area contributed by atoms with Crippen LogP contribution in [0.4, 0.5) is 5.69 Å². The van der Waals surface area contributed by atoms with Gasteiger partial charge in [0.25, 0.3) is 0 Å². The average molecular weight is 353 g/mol. The van der Waals surface area contributed by atoms with Crippen LogP contribution >= 0.6 is 0 Å². The van der Waals surface area contributed by atoms with Crippen LogP contribution in [-0.2, 0) is 16.9 Å². The molecule has 0 amide bonds. The molecule has 1 aliphatic heterocycles. The summed E-state index contributed by atoms with van der Waals surface area (Å²) in [6.45, 7) is 4.66. The highest BCUT2D eigenvalue weighted by Gasteiger charge is 2.39. The fraction of sp³-hybridized carbons (Fsp3) is 0.478. The maximum atomic E-state index is 5.92. The van der Waals surface area contributed by atoms with Gasteiger partial charge in [0.05, 0.1) is 12.1 Å². The van der Waals surface area contributed by atoms with Crippen molar-refractivity contribution in [3.8, 4) is 0 Å². The van der Waals surface area contributed by atoms with Crippen molar-refractivity contribution in [3.05, 3.63) is 65.2 Å². The number of rotatable bonds is 7. The minimum absolute atomic E-state index is 0.0402. The van der Waals surface area contributed by atoms with E-state index in [9.17, 15) is 0 Å². The third-order valence-electron chi connectivity index (χ3n) is 5.68. The molecule has 3 rings (SSSR count). The van der Waals surface area contributed by atoms with Crippen LogP contribution in [0, 0.1) is 6.92 Å². The Morgan fingerprint density at radius 1 is 1.04 bits per heavy atom. The lowest BCUT2D eigenvalue weighted by Gasteiger charge is -2.49. The van der Waals surface area contributed by atoms with Crippen molar-refractivity contribution < 1.29 is 4.74 Å². The molecule has 1 fully saturated rings. The Morgan fingerprint density at radius 2 is 1.77 bits per heavy atom. The zero-order valence-corrected chi connectivity index (χ0v) is 16.2. The Labute approximate surface area is 158 Å². The van der Waals surface area contributed by atoms with Gasteiger partial charge in [0, 0.05) is 19.3 Å². The highest BCUT2D eigenvalue weighted by atomic mass is 16.5. The average Bonchev–Trinajstić information content (AvgIpc) is 2.68. The molecule has 1 saturated heterocycles. The number of benzene rings is 2. The van der Waals surface area contributed by atoms with E-state index in [2.05, 4.69) is 60.4 Å². The molecule has 0 aliphatic carbocycles. The molecule has 1 atom stereocenters. The van der Waals surface area contributed by atoms with Crippen molar-refractivity contribution in [2.24, 2.45) is 5.73 Å². The van der Waals surface area contributed by atoms with E-state index in [0.29, 0.717) is 6.61 Å². The van der Waals surface area contributed by atoms with Crippen LogP contribution in [0.2, 0.25) is 0 Å². The Balaban J connectivity index is 2.00. The van der Waals surface area contributed by atoms with Crippen LogP contribution in [0.1, 0.15) is 48.8 Å². The molecule has 140 valence electrons. The van der Waals surface area contributed by atoms with Crippen LogP contribution < -0.4 is 10.6 Å². The second-order valence-corrected chi connectivity index (χ2v) is 7.50. The first-order chi connectivity index (χ1) is 12.7. The van der Waals surface area contributed by atoms with E-state index in [-0.39, 0.29) is 5.54 Å². The molecule has 2 N–H and O–H groups in total. The number of ether oxygens (including phenoxy) is 1. The lowest BCUT2D eigenvalue weighted by atomic mass is 9.76. The third kappa shape index (κ3) is 3.94. The Bertz CT molecular complexity index is 680. The van der Waals surface area contributed by atoms with Gasteiger partial charge in [-0.15, -0.1) is 0 Å². The number of hydrogen-bond acceptors (Lipinski definition) is 3. The molecule has 1 heterocycles. The number of methoxy groups -OCH3 is 1. The highest BCUT2D eigenvalue weighted by molar-refractivity contribution is 5.53. The second-order valence-electron chi connectivity index (χ2n) is 7.50. The molecule has 0 radical (unpaired) electrons. The van der Waals surface area contributed by atoms with Crippen LogP contribution in [0.15, 0.2) is 48.5 Å². The normalized spacial score (nSPS) is 20.3. The predicted molar refractivity (Wildman–Crippen MR) is 109 cm³/mol. The second kappa shape index (κ2) is 8.70. The SMILES string of the molecule is COCc1ccc(C2(CCCN)CCCCN2c2ccc(C)cc2)cc1. The molecule has 3 nitrogen and oxygen atoms in total. The topological polar surface area (TPSA) is 38.5 Å². The van der Waals surface area contributed by atoms with E-state index >= 15 is 0 Å². The van der Waals surface area contributed by atoms with E-state index in [1.165, 1.54) is 41.6 Å². The summed E-state index contributed by atoms with van der Waals surface area (Å²) in [6.07, 6.45) is 5.85. The summed E-state index contributed by atoms with van der Waals surface area (Å²) in [6, 6.07) is 18.0. The molecule has 26 heavy (non-hydrogen) atoms. The highest BCUT2D eigenvalue weighted by Crippen LogP contribution is 2.44. The molecule has 0 bridgehead atoms. The first-order valence-corrected chi connectivity index (χ1v) is 9.82. The van der Waals surface area contributed by atoms with Crippen LogP contribution in [0.3, 0.4) is 0 Å². The summed E-state index contributed by atoms with van der Waals surface area (Å²) in [7, 11) is 1.75. The van der Waals surface area contributed by atoms with Crippen molar-refractivity contribution in [1.29, 1.82) is 0 Å². The Hall–Kier alpha value is -1.84. The fourth-order valence-corrected chi connectivity index (χ4v) is 4.31. The van der Waals surface area contributed by atoms with Crippen LogP contribution in [-0.4, -0.2) is 20.2 Å². The standard InChI is InChI=1S/C23H32N2O/c1-19-6-12-22(13-7-19)25-17-4-3-14-23(25,15-5-16-24)21-10-8-20(9-11-21)18-26-2/h6-13H,3-5,14-18,24H2,1-2H3. The third-order valence-corrected chi connectivity index (χ3v) is 5.68. The van der Waals surface area contributed by atoms with Gasteiger partial charge in [-0.05, 0) is 68.8 Å². The fourth-order valence-electron chi connectivity index (χ4n) is 4.31. The van der Waals surface area contributed by atoms with Gasteiger partial charge < -0.3 is 15.4 Å². The molecular formula is C23H32N2O. The van der Waals surface area contributed by atoms with E-state index in [4.69, 9.17) is 10.5 Å². The molecule has 2 aromatic rings. The summed E-state index contributed by atoms with van der Waals surface area (Å²) >= 11 is 0. The summed E-state index contributed by atoms with van der Waals surface area (Å²) in [5.74, 6) is 0. The van der Waals surface area contributed by atoms with Crippen LogP contribution in [0.5, 0.6) is 0 Å². The number of piperidine rings is 1. The lowest BCUT2D eigenvalue weighted by Crippen LogP contribution is -2.50. The minimum Gasteiger partial charge on any atom is -0.380 e. The number of nitrogens with zero attached hydrogens (tertiary/aromatic N) is 1. The lowest BCUT2D eigenvalue weighted by molar-refractivity contribution is 0.185. The largest absolute Gasteiger partial charge is 0.380 e. The van der Waals surface area contributed by atoms with Crippen molar-refractivity contribution in [1.82, 2.24) is 0 Å². The molecule has 3 heteroatoms. The van der Waals surface area contributed by atoms with Gasteiger partial charge in [0.2, 0.25) is 0 Å². The van der Waals surface area contributed by atoms with E-state index in [0.717, 1.165) is 25.9 Å². The smallest absolute Gasteiger partial charge is 0.0713 e. The number of aryl methyl sites for hydroxylation is 1. The van der Waals surface area contributed by atoms with Gasteiger partial charge in [-0.2, -0.15) is 0 Å². The summed E-state index contributed by atoms with van der Waals surface area (Å²) in [4.78, 5) is 2.64. The zero-order valence-electron chi connectivity index (χ0n) is 16.2. The van der Waals surface area contributed by atoms with Gasteiger partial charge in [0.15, 0.2) is 0 Å². The number of anilines is 1. The van der Waals surface area contributed by atoms with Gasteiger partial charge in [-0.3, -0.25) is 0 Å². The Morgan fingerprint density at radius 3 is 2.42 bits per heavy atom. The molecule has 2 aromatic carbocycles. The number of nitrogens with two attached hydrogens (primary N) is 1. The van der Waals surface area contributed by atoms with Crippen LogP contribution in [0.25, 0.3) is 0 Å². The minimum atomic E-state index is 0.0402. The predicted octanol–water partition coefficient (Wildman–Crippen LogP) is 4.77. The van der Waals surface area contributed by atoms with E-state index in [1.54, 1.807) is 7.11 Å². The maximum absolute atomic E-state index is 5.92. The molecule has 1 unspecified atom stereocenters. The zero-order chi connectivity index (χ0) is 18.4. The van der Waals surface area contributed by atoms with Gasteiger partial charge in [-0.25, -0.2) is 0 Å². The van der Waals surface area contributed by atoms with E-state index < -0.39 is 0 Å².